The normalized spacial score (nSPS) is 22.1. The van der Waals surface area contributed by atoms with E-state index in [0.717, 1.165) is 0 Å². The molecule has 1 N–H and O–H groups in total. The van der Waals surface area contributed by atoms with Crippen LogP contribution in [0.5, 0.6) is 5.75 Å². The number of hydrogen-bond acceptors (Lipinski definition) is 3. The van der Waals surface area contributed by atoms with E-state index in [0.29, 0.717) is 25.3 Å². The molecule has 19 heavy (non-hydrogen) atoms. The third kappa shape index (κ3) is 2.86. The Bertz CT molecular complexity index is 475. The van der Waals surface area contributed by atoms with Crippen LogP contribution in [-0.2, 0) is 4.79 Å². The Morgan fingerprint density at radius 2 is 2.00 bits per heavy atom. The lowest BCUT2D eigenvalue weighted by molar-refractivity contribution is -0.128. The number of nitrogens with one attached hydrogen (secondary N) is 1. The maximum atomic E-state index is 12.0. The van der Waals surface area contributed by atoms with Crippen molar-refractivity contribution in [1.29, 1.82) is 0 Å². The number of amides is 2. The average molecular weight is 262 g/mol. The summed E-state index contributed by atoms with van der Waals surface area (Å²) in [6.07, 6.45) is 0.246. The monoisotopic (exact) mass is 262 g/mol. The van der Waals surface area contributed by atoms with Crippen LogP contribution in [0.4, 0.5) is 4.79 Å². The van der Waals surface area contributed by atoms with E-state index in [4.69, 9.17) is 4.74 Å². The summed E-state index contributed by atoms with van der Waals surface area (Å²) in [5.74, 6) is 0.476. The average Bonchev–Trinajstić information content (AvgIpc) is 2.83. The molecule has 1 heterocycles. The number of rotatable bonds is 2. The molecule has 1 fully saturated rings. The Kier molecular flexibility index (Phi) is 3.74. The lowest BCUT2D eigenvalue weighted by atomic mass is 9.89. The van der Waals surface area contributed by atoms with E-state index in [1.807, 2.05) is 13.0 Å². The van der Waals surface area contributed by atoms with Crippen molar-refractivity contribution in [3.8, 4) is 5.75 Å². The van der Waals surface area contributed by atoms with Crippen molar-refractivity contribution in [2.75, 3.05) is 20.1 Å². The first-order chi connectivity index (χ1) is 9.05. The van der Waals surface area contributed by atoms with Crippen molar-refractivity contribution >= 4 is 12.0 Å². The van der Waals surface area contributed by atoms with Gasteiger partial charge in [-0.05, 0) is 25.5 Å². The molecule has 2 rings (SSSR count). The zero-order valence-electron chi connectivity index (χ0n) is 11.2. The van der Waals surface area contributed by atoms with Gasteiger partial charge < -0.3 is 15.0 Å². The largest absolute Gasteiger partial charge is 0.415 e. The highest BCUT2D eigenvalue weighted by Crippen LogP contribution is 2.30. The highest BCUT2D eigenvalue weighted by Gasteiger charge is 2.42. The second-order valence-electron chi connectivity index (χ2n) is 4.99. The zero-order chi connectivity index (χ0) is 13.9. The molecular weight excluding hydrogens is 244 g/mol. The maximum Gasteiger partial charge on any atom is 0.415 e. The minimum absolute atomic E-state index is 0.0393. The molecule has 0 aromatic heterocycles. The van der Waals surface area contributed by atoms with E-state index in [2.05, 4.69) is 5.32 Å². The zero-order valence-corrected chi connectivity index (χ0v) is 11.2. The quantitative estimate of drug-likeness (QED) is 0.881. The summed E-state index contributed by atoms with van der Waals surface area (Å²) in [6.45, 7) is 2.79. The molecule has 0 saturated carbocycles. The molecular formula is C14H18N2O3. The van der Waals surface area contributed by atoms with Crippen molar-refractivity contribution in [3.63, 3.8) is 0 Å². The van der Waals surface area contributed by atoms with Crippen LogP contribution in [0.2, 0.25) is 0 Å². The van der Waals surface area contributed by atoms with Crippen LogP contribution in [0.3, 0.4) is 0 Å². The predicted octanol–water partition coefficient (Wildman–Crippen LogP) is 1.64. The third-order valence-electron chi connectivity index (χ3n) is 3.46. The maximum absolute atomic E-state index is 12.0. The molecule has 102 valence electrons. The van der Waals surface area contributed by atoms with Gasteiger partial charge in [0.2, 0.25) is 5.91 Å². The van der Waals surface area contributed by atoms with Crippen molar-refractivity contribution in [2.45, 2.75) is 13.3 Å². The fraction of sp³-hybridized carbons (Fsp3) is 0.429. The molecule has 1 aliphatic rings. The van der Waals surface area contributed by atoms with Gasteiger partial charge in [0.15, 0.2) is 0 Å². The lowest BCUT2D eigenvalue weighted by Crippen LogP contribution is -2.41. The second kappa shape index (κ2) is 5.30. The highest BCUT2D eigenvalue weighted by molar-refractivity contribution is 5.84. The van der Waals surface area contributed by atoms with Gasteiger partial charge in [-0.25, -0.2) is 4.79 Å². The SMILES string of the molecule is CNC(=O)C1(C)CCN(C(=O)Oc2ccccc2)C1. The Morgan fingerprint density at radius 3 is 2.63 bits per heavy atom. The summed E-state index contributed by atoms with van der Waals surface area (Å²) < 4.78 is 5.26. The Labute approximate surface area is 112 Å². The van der Waals surface area contributed by atoms with E-state index in [1.54, 1.807) is 36.2 Å². The summed E-state index contributed by atoms with van der Waals surface area (Å²) >= 11 is 0. The minimum Gasteiger partial charge on any atom is -0.410 e. The summed E-state index contributed by atoms with van der Waals surface area (Å²) in [6, 6.07) is 8.93. The first-order valence-electron chi connectivity index (χ1n) is 6.29. The van der Waals surface area contributed by atoms with Gasteiger partial charge in [-0.3, -0.25) is 4.79 Å². The first-order valence-corrected chi connectivity index (χ1v) is 6.29. The summed E-state index contributed by atoms with van der Waals surface area (Å²) in [5.41, 5.74) is -0.523. The van der Waals surface area contributed by atoms with Crippen LogP contribution in [0.15, 0.2) is 30.3 Å². The van der Waals surface area contributed by atoms with Gasteiger partial charge in [0.25, 0.3) is 0 Å². The number of para-hydroxylation sites is 1. The van der Waals surface area contributed by atoms with E-state index < -0.39 is 11.5 Å². The van der Waals surface area contributed by atoms with Crippen LogP contribution in [0, 0.1) is 5.41 Å². The van der Waals surface area contributed by atoms with Crippen LogP contribution in [-0.4, -0.2) is 37.0 Å². The standard InChI is InChI=1S/C14H18N2O3/c1-14(12(17)15-2)8-9-16(10-14)13(18)19-11-6-4-3-5-7-11/h3-7H,8-10H2,1-2H3,(H,15,17). The van der Waals surface area contributed by atoms with E-state index >= 15 is 0 Å². The van der Waals surface area contributed by atoms with Gasteiger partial charge >= 0.3 is 6.09 Å². The van der Waals surface area contributed by atoms with Crippen molar-refractivity contribution in [1.82, 2.24) is 10.2 Å². The van der Waals surface area contributed by atoms with E-state index in [9.17, 15) is 9.59 Å². The van der Waals surface area contributed by atoms with Crippen LogP contribution >= 0.6 is 0 Å². The van der Waals surface area contributed by atoms with Gasteiger partial charge in [-0.2, -0.15) is 0 Å². The van der Waals surface area contributed by atoms with Gasteiger partial charge in [-0.15, -0.1) is 0 Å². The number of nitrogens with zero attached hydrogens (tertiary/aromatic N) is 1. The molecule has 1 aliphatic heterocycles. The molecule has 1 atom stereocenters. The number of likely N-dealkylation sites (tertiary alicyclic amines) is 1. The highest BCUT2D eigenvalue weighted by atomic mass is 16.6. The fourth-order valence-corrected chi connectivity index (χ4v) is 2.26. The molecule has 1 aromatic carbocycles. The Balaban J connectivity index is 1.97. The molecule has 1 saturated heterocycles. The molecule has 0 bridgehead atoms. The number of carbonyl (C=O) groups excluding carboxylic acids is 2. The molecule has 5 heteroatoms. The van der Waals surface area contributed by atoms with Crippen molar-refractivity contribution in [3.05, 3.63) is 30.3 Å². The Hall–Kier alpha value is -2.04. The van der Waals surface area contributed by atoms with Gasteiger partial charge in [0.1, 0.15) is 5.75 Å². The number of carbonyl (C=O) groups is 2. The number of ether oxygens (including phenoxy) is 1. The molecule has 0 aliphatic carbocycles. The van der Waals surface area contributed by atoms with Crippen LogP contribution in [0.25, 0.3) is 0 Å². The Morgan fingerprint density at radius 1 is 1.32 bits per heavy atom. The molecule has 5 nitrogen and oxygen atoms in total. The van der Waals surface area contributed by atoms with E-state index in [-0.39, 0.29) is 5.91 Å². The predicted molar refractivity (Wildman–Crippen MR) is 70.8 cm³/mol. The van der Waals surface area contributed by atoms with Crippen molar-refractivity contribution < 1.29 is 14.3 Å². The van der Waals surface area contributed by atoms with Gasteiger partial charge in [-0.1, -0.05) is 18.2 Å². The van der Waals surface area contributed by atoms with Gasteiger partial charge in [0, 0.05) is 20.1 Å². The summed E-state index contributed by atoms with van der Waals surface area (Å²) in [5, 5.41) is 2.64. The topological polar surface area (TPSA) is 58.6 Å². The molecule has 2 amide bonds. The molecule has 1 unspecified atom stereocenters. The second-order valence-corrected chi connectivity index (χ2v) is 4.99. The summed E-state index contributed by atoms with van der Waals surface area (Å²) in [4.78, 5) is 25.3. The first kappa shape index (κ1) is 13.4. The van der Waals surface area contributed by atoms with Crippen molar-refractivity contribution in [2.24, 2.45) is 5.41 Å². The smallest absolute Gasteiger partial charge is 0.410 e. The fourth-order valence-electron chi connectivity index (χ4n) is 2.26. The van der Waals surface area contributed by atoms with Crippen LogP contribution in [0.1, 0.15) is 13.3 Å². The van der Waals surface area contributed by atoms with Crippen LogP contribution < -0.4 is 10.1 Å². The summed E-state index contributed by atoms with van der Waals surface area (Å²) in [7, 11) is 1.61. The lowest BCUT2D eigenvalue weighted by Gasteiger charge is -2.22. The number of hydrogen-bond donors (Lipinski definition) is 1. The van der Waals surface area contributed by atoms with E-state index in [1.165, 1.54) is 0 Å². The molecule has 0 spiro atoms. The van der Waals surface area contributed by atoms with Gasteiger partial charge in [0.05, 0.1) is 5.41 Å². The molecule has 1 aromatic rings. The third-order valence-corrected chi connectivity index (χ3v) is 3.46. The minimum atomic E-state index is -0.523. The number of benzene rings is 1. The molecule has 0 radical (unpaired) electrons.